The molecule has 0 amide bonds. The van der Waals surface area contributed by atoms with Crippen molar-refractivity contribution in [2.45, 2.75) is 0 Å². The predicted molar refractivity (Wildman–Crippen MR) is 71.8 cm³/mol. The van der Waals surface area contributed by atoms with Crippen LogP contribution in [0.4, 0.5) is 17.6 Å². The molecule has 0 aliphatic rings. The highest BCUT2D eigenvalue weighted by Gasteiger charge is 2.22. The fourth-order valence-corrected chi connectivity index (χ4v) is 1.68. The Balaban J connectivity index is 2.24. The maximum Gasteiger partial charge on any atom is 0.389 e. The maximum absolute atomic E-state index is 13.6. The van der Waals surface area contributed by atoms with Crippen molar-refractivity contribution in [3.05, 3.63) is 58.7 Å². The number of ether oxygens (including phenoxy) is 1. The van der Waals surface area contributed by atoms with Crippen molar-refractivity contribution in [1.82, 2.24) is 0 Å². The summed E-state index contributed by atoms with van der Waals surface area (Å²) in [6.07, 6.45) is 0. The van der Waals surface area contributed by atoms with E-state index in [0.717, 1.165) is 7.11 Å². The summed E-state index contributed by atoms with van der Waals surface area (Å²) in [6.45, 7) is 0. The molecular weight excluding hydrogens is 352 g/mol. The summed E-state index contributed by atoms with van der Waals surface area (Å²) < 4.78 is 57.7. The van der Waals surface area contributed by atoms with Crippen molar-refractivity contribution in [2.75, 3.05) is 7.11 Å². The number of phenolic OH excluding ortho intramolecular Hbond substituents is 1. The molecule has 6 nitrogen and oxygen atoms in total. The summed E-state index contributed by atoms with van der Waals surface area (Å²) in [5.74, 6) is -10.4. The summed E-state index contributed by atoms with van der Waals surface area (Å²) in [7, 11) is 0.994. The fourth-order valence-electron chi connectivity index (χ4n) is 1.68. The molecule has 25 heavy (non-hydrogen) atoms. The summed E-state index contributed by atoms with van der Waals surface area (Å²) in [5, 5.41) is 9.11. The van der Waals surface area contributed by atoms with Crippen LogP contribution in [0.3, 0.4) is 0 Å². The second kappa shape index (κ2) is 7.07. The van der Waals surface area contributed by atoms with E-state index in [1.54, 1.807) is 0 Å². The number of aromatic hydroxyl groups is 1. The first-order chi connectivity index (χ1) is 11.7. The van der Waals surface area contributed by atoms with Crippen LogP contribution in [0.15, 0.2) is 24.3 Å². The van der Waals surface area contributed by atoms with Crippen molar-refractivity contribution >= 4 is 11.9 Å². The van der Waals surface area contributed by atoms with Gasteiger partial charge in [0.05, 0.1) is 12.7 Å². The van der Waals surface area contributed by atoms with Gasteiger partial charge in [-0.2, -0.15) is 4.39 Å². The van der Waals surface area contributed by atoms with E-state index in [1.165, 1.54) is 0 Å². The number of phenols is 1. The van der Waals surface area contributed by atoms with E-state index >= 15 is 0 Å². The average molecular weight is 360 g/mol. The van der Waals surface area contributed by atoms with Gasteiger partial charge in [0.15, 0.2) is 17.4 Å². The molecule has 0 bridgehead atoms. The van der Waals surface area contributed by atoms with E-state index in [2.05, 4.69) is 14.5 Å². The molecule has 0 saturated carbocycles. The Morgan fingerprint density at radius 3 is 2.24 bits per heavy atom. The molecule has 0 aromatic heterocycles. The monoisotopic (exact) mass is 360 g/mol. The van der Waals surface area contributed by atoms with Crippen molar-refractivity contribution in [2.24, 2.45) is 0 Å². The molecule has 2 aromatic carbocycles. The Morgan fingerprint density at radius 1 is 0.920 bits per heavy atom. The van der Waals surface area contributed by atoms with Crippen molar-refractivity contribution < 1.29 is 46.8 Å². The number of hydrogen-bond acceptors (Lipinski definition) is 6. The summed E-state index contributed by atoms with van der Waals surface area (Å²) in [6, 6.07) is 1.83. The number of benzene rings is 2. The second-order valence-electron chi connectivity index (χ2n) is 4.50. The van der Waals surface area contributed by atoms with Gasteiger partial charge in [0, 0.05) is 18.2 Å². The van der Waals surface area contributed by atoms with Crippen LogP contribution in [0.25, 0.3) is 0 Å². The van der Waals surface area contributed by atoms with Crippen LogP contribution in [-0.4, -0.2) is 24.2 Å². The number of halogens is 4. The molecule has 0 unspecified atom stereocenters. The highest BCUT2D eigenvalue weighted by molar-refractivity contribution is 5.90. The zero-order valence-corrected chi connectivity index (χ0v) is 12.3. The molecule has 0 heterocycles. The average Bonchev–Trinajstić information content (AvgIpc) is 2.58. The molecule has 0 radical (unpaired) electrons. The van der Waals surface area contributed by atoms with Gasteiger partial charge in [0.25, 0.3) is 0 Å². The smallest absolute Gasteiger partial charge is 0.389 e. The number of carbonyl (C=O) groups excluding carboxylic acids is 2. The Kier molecular flexibility index (Phi) is 5.11. The Hall–Kier alpha value is -3.30. The maximum atomic E-state index is 13.6. The summed E-state index contributed by atoms with van der Waals surface area (Å²) >= 11 is 0. The van der Waals surface area contributed by atoms with Gasteiger partial charge in [0.2, 0.25) is 11.6 Å². The van der Waals surface area contributed by atoms with E-state index in [0.29, 0.717) is 18.2 Å². The normalized spacial score (nSPS) is 10.3. The van der Waals surface area contributed by atoms with E-state index in [-0.39, 0.29) is 6.07 Å². The van der Waals surface area contributed by atoms with Crippen LogP contribution in [0.2, 0.25) is 0 Å². The SMILES string of the molecule is COC(=O)c1cc(F)c(F)c(OOC(=O)c2cc(O)c(F)cc2F)c1. The van der Waals surface area contributed by atoms with Gasteiger partial charge in [-0.15, -0.1) is 0 Å². The summed E-state index contributed by atoms with van der Waals surface area (Å²) in [4.78, 5) is 31.4. The van der Waals surface area contributed by atoms with Crippen molar-refractivity contribution in [3.8, 4) is 11.5 Å². The minimum Gasteiger partial charge on any atom is -0.505 e. The molecule has 0 saturated heterocycles. The number of rotatable bonds is 4. The largest absolute Gasteiger partial charge is 0.505 e. The lowest BCUT2D eigenvalue weighted by Crippen LogP contribution is -2.12. The first kappa shape index (κ1) is 18.0. The summed E-state index contributed by atoms with van der Waals surface area (Å²) in [5.41, 5.74) is -1.37. The zero-order chi connectivity index (χ0) is 18.7. The van der Waals surface area contributed by atoms with E-state index in [9.17, 15) is 27.2 Å². The van der Waals surface area contributed by atoms with Crippen LogP contribution >= 0.6 is 0 Å². The van der Waals surface area contributed by atoms with Gasteiger partial charge < -0.3 is 9.84 Å². The minimum atomic E-state index is -1.59. The van der Waals surface area contributed by atoms with Gasteiger partial charge in [0.1, 0.15) is 11.4 Å². The molecule has 0 aliphatic heterocycles. The Bertz CT molecular complexity index is 852. The Labute approximate surface area is 137 Å². The van der Waals surface area contributed by atoms with Gasteiger partial charge >= 0.3 is 11.9 Å². The van der Waals surface area contributed by atoms with Crippen molar-refractivity contribution in [1.29, 1.82) is 0 Å². The topological polar surface area (TPSA) is 82.1 Å². The molecule has 132 valence electrons. The molecule has 2 rings (SSSR count). The first-order valence-electron chi connectivity index (χ1n) is 6.38. The van der Waals surface area contributed by atoms with Crippen LogP contribution < -0.4 is 4.89 Å². The lowest BCUT2D eigenvalue weighted by Gasteiger charge is -2.08. The van der Waals surface area contributed by atoms with Crippen molar-refractivity contribution in [3.63, 3.8) is 0 Å². The van der Waals surface area contributed by atoms with Crippen LogP contribution in [0.5, 0.6) is 11.5 Å². The highest BCUT2D eigenvalue weighted by Crippen LogP contribution is 2.25. The van der Waals surface area contributed by atoms with E-state index in [4.69, 9.17) is 5.11 Å². The standard InChI is InChI=1S/C15H8F4O6/c1-23-14(21)6-2-10(18)13(19)12(3-6)24-25-15(22)7-4-11(20)9(17)5-8(7)16/h2-5,20H,1H3. The minimum absolute atomic E-state index is 0.212. The molecule has 0 spiro atoms. The predicted octanol–water partition coefficient (Wildman–Crippen LogP) is 2.89. The number of hydrogen-bond donors (Lipinski definition) is 1. The first-order valence-corrected chi connectivity index (χ1v) is 6.38. The van der Waals surface area contributed by atoms with Crippen LogP contribution in [0, 0.1) is 23.3 Å². The lowest BCUT2D eigenvalue weighted by atomic mass is 10.2. The van der Waals surface area contributed by atoms with E-state index in [1.807, 2.05) is 0 Å². The fraction of sp³-hybridized carbons (Fsp3) is 0.0667. The molecule has 10 heteroatoms. The van der Waals surface area contributed by atoms with Gasteiger partial charge in [-0.1, -0.05) is 0 Å². The number of carbonyl (C=O) groups is 2. The highest BCUT2D eigenvalue weighted by atomic mass is 19.2. The van der Waals surface area contributed by atoms with Gasteiger partial charge in [-0.3, -0.25) is 4.89 Å². The third kappa shape index (κ3) is 3.79. The molecule has 0 atom stereocenters. The van der Waals surface area contributed by atoms with Gasteiger partial charge in [-0.25, -0.2) is 27.6 Å². The quantitative estimate of drug-likeness (QED) is 0.391. The zero-order valence-electron chi connectivity index (χ0n) is 12.3. The molecular formula is C15H8F4O6. The van der Waals surface area contributed by atoms with Crippen LogP contribution in [0.1, 0.15) is 20.7 Å². The molecule has 2 aromatic rings. The third-order valence-electron chi connectivity index (χ3n) is 2.88. The van der Waals surface area contributed by atoms with E-state index < -0.39 is 57.8 Å². The molecule has 1 N–H and O–H groups in total. The van der Waals surface area contributed by atoms with Gasteiger partial charge in [-0.05, 0) is 6.07 Å². The second-order valence-corrected chi connectivity index (χ2v) is 4.50. The van der Waals surface area contributed by atoms with Crippen LogP contribution in [-0.2, 0) is 9.62 Å². The third-order valence-corrected chi connectivity index (χ3v) is 2.88. The lowest BCUT2D eigenvalue weighted by molar-refractivity contribution is -0.152. The number of methoxy groups -OCH3 is 1. The Morgan fingerprint density at radius 2 is 1.60 bits per heavy atom. The molecule has 0 fully saturated rings. The number of esters is 1. The molecule has 0 aliphatic carbocycles.